The molecule has 3 heterocycles. The lowest BCUT2D eigenvalue weighted by Crippen LogP contribution is -2.14. The fourth-order valence-electron chi connectivity index (χ4n) is 3.95. The summed E-state index contributed by atoms with van der Waals surface area (Å²) in [5.74, 6) is 0.359. The van der Waals surface area contributed by atoms with Gasteiger partial charge < -0.3 is 9.15 Å². The van der Waals surface area contributed by atoms with Gasteiger partial charge in [0.2, 0.25) is 0 Å². The quantitative estimate of drug-likeness (QED) is 0.319. The van der Waals surface area contributed by atoms with Crippen LogP contribution >= 0.6 is 11.3 Å². The molecule has 1 aliphatic carbocycles. The molecule has 0 aliphatic heterocycles. The summed E-state index contributed by atoms with van der Waals surface area (Å²) in [5, 5.41) is 10.9. The van der Waals surface area contributed by atoms with Gasteiger partial charge >= 0.3 is 5.97 Å². The molecule has 0 saturated carbocycles. The minimum Gasteiger partial charge on any atom is -0.449 e. The number of thiophene rings is 1. The Bertz CT molecular complexity index is 1200. The maximum Gasteiger partial charge on any atom is 0.339 e. The molecule has 152 valence electrons. The Balaban J connectivity index is 1.48. The molecular formula is C23H21N3O3S. The molecular weight excluding hydrogens is 398 g/mol. The van der Waals surface area contributed by atoms with E-state index >= 15 is 0 Å². The third-order valence-corrected chi connectivity index (χ3v) is 6.29. The number of benzene rings is 1. The summed E-state index contributed by atoms with van der Waals surface area (Å²) in [6, 6.07) is 11.6. The van der Waals surface area contributed by atoms with Crippen LogP contribution in [0.25, 0.3) is 21.7 Å². The fraction of sp³-hybridized carbons (Fsp3) is 0.304. The molecule has 7 heteroatoms. The smallest absolute Gasteiger partial charge is 0.339 e. The maximum absolute atomic E-state index is 13.3. The van der Waals surface area contributed by atoms with Gasteiger partial charge in [0.15, 0.2) is 6.10 Å². The first-order chi connectivity index (χ1) is 14.7. The predicted octanol–water partition coefficient (Wildman–Crippen LogP) is 5.53. The minimum absolute atomic E-state index is 0.288. The lowest BCUT2D eigenvalue weighted by atomic mass is 9.97. The Labute approximate surface area is 177 Å². The molecule has 1 atom stereocenters. The molecule has 0 spiro atoms. The van der Waals surface area contributed by atoms with E-state index in [4.69, 9.17) is 14.1 Å². The van der Waals surface area contributed by atoms with Crippen LogP contribution in [0.1, 0.15) is 59.8 Å². The van der Waals surface area contributed by atoms with Crippen molar-refractivity contribution in [1.29, 1.82) is 0 Å². The van der Waals surface area contributed by atoms with E-state index < -0.39 is 6.10 Å². The van der Waals surface area contributed by atoms with Gasteiger partial charge in [0.1, 0.15) is 0 Å². The molecule has 0 amide bonds. The van der Waals surface area contributed by atoms with E-state index in [1.165, 1.54) is 11.3 Å². The van der Waals surface area contributed by atoms with Crippen LogP contribution in [-0.4, -0.2) is 21.2 Å². The van der Waals surface area contributed by atoms with Gasteiger partial charge in [0.25, 0.3) is 11.8 Å². The van der Waals surface area contributed by atoms with Gasteiger partial charge in [0.05, 0.1) is 16.0 Å². The Hall–Kier alpha value is -3.06. The topological polar surface area (TPSA) is 78.1 Å². The van der Waals surface area contributed by atoms with E-state index in [-0.39, 0.29) is 11.9 Å². The summed E-state index contributed by atoms with van der Waals surface area (Å²) in [6.45, 7) is 1.76. The number of fused-ring (bicyclic) bond motifs is 2. The van der Waals surface area contributed by atoms with Gasteiger partial charge in [-0.1, -0.05) is 30.7 Å². The first-order valence-electron chi connectivity index (χ1n) is 10.2. The van der Waals surface area contributed by atoms with Crippen molar-refractivity contribution in [3.63, 3.8) is 0 Å². The van der Waals surface area contributed by atoms with Gasteiger partial charge in [-0.05, 0) is 55.7 Å². The van der Waals surface area contributed by atoms with Gasteiger partial charge in [-0.2, -0.15) is 0 Å². The van der Waals surface area contributed by atoms with Crippen LogP contribution in [-0.2, 0) is 17.6 Å². The number of aryl methyl sites for hydroxylation is 1. The van der Waals surface area contributed by atoms with Crippen LogP contribution in [0.5, 0.6) is 0 Å². The summed E-state index contributed by atoms with van der Waals surface area (Å²) in [7, 11) is 0. The number of ether oxygens (including phenoxy) is 1. The van der Waals surface area contributed by atoms with Crippen LogP contribution in [0.3, 0.4) is 0 Å². The lowest BCUT2D eigenvalue weighted by molar-refractivity contribution is 0.0281. The number of carbonyl (C=O) groups excluding carboxylic acids is 1. The summed E-state index contributed by atoms with van der Waals surface area (Å²) in [4.78, 5) is 19.1. The monoisotopic (exact) mass is 419 g/mol. The second kappa shape index (κ2) is 7.99. The average molecular weight is 420 g/mol. The molecule has 5 rings (SSSR count). The van der Waals surface area contributed by atoms with Crippen molar-refractivity contribution in [3.05, 3.63) is 64.5 Å². The van der Waals surface area contributed by atoms with Crippen molar-refractivity contribution in [2.75, 3.05) is 0 Å². The Kier molecular flexibility index (Phi) is 5.04. The zero-order valence-corrected chi connectivity index (χ0v) is 17.4. The SMILES string of the molecule is C[C@H](OC(=O)c1c2c(nc3ccccc13)CCCCC2)c1nnc(-c2cccs2)o1. The minimum atomic E-state index is -0.646. The highest BCUT2D eigenvalue weighted by Gasteiger charge is 2.26. The number of rotatable bonds is 4. The number of esters is 1. The second-order valence-corrected chi connectivity index (χ2v) is 8.41. The van der Waals surface area contributed by atoms with Crippen molar-refractivity contribution in [3.8, 4) is 10.8 Å². The molecule has 1 aliphatic rings. The molecule has 1 aromatic carbocycles. The van der Waals surface area contributed by atoms with Gasteiger partial charge in [0, 0.05) is 11.1 Å². The normalized spacial score (nSPS) is 14.8. The lowest BCUT2D eigenvalue weighted by Gasteiger charge is -2.16. The Morgan fingerprint density at radius 2 is 1.97 bits per heavy atom. The molecule has 4 aromatic rings. The number of aromatic nitrogens is 3. The largest absolute Gasteiger partial charge is 0.449 e. The Morgan fingerprint density at radius 3 is 2.83 bits per heavy atom. The first kappa shape index (κ1) is 18.9. The molecule has 0 saturated heterocycles. The standard InChI is InChI=1S/C23H21N3O3S/c1-14(21-25-26-22(29-21)19-12-7-13-30-19)28-23(27)20-15-8-3-2-4-10-17(15)24-18-11-6-5-9-16(18)20/h5-7,9,11-14H,2-4,8,10H2,1H3/t14-/m0/s1. The fourth-order valence-corrected chi connectivity index (χ4v) is 4.60. The number of hydrogen-bond donors (Lipinski definition) is 0. The van der Waals surface area contributed by atoms with Crippen molar-refractivity contribution in [2.45, 2.75) is 45.1 Å². The van der Waals surface area contributed by atoms with E-state index in [1.54, 1.807) is 6.92 Å². The molecule has 0 N–H and O–H groups in total. The van der Waals surface area contributed by atoms with Crippen LogP contribution < -0.4 is 0 Å². The number of hydrogen-bond acceptors (Lipinski definition) is 7. The predicted molar refractivity (Wildman–Crippen MR) is 114 cm³/mol. The third-order valence-electron chi connectivity index (χ3n) is 5.43. The maximum atomic E-state index is 13.3. The van der Waals surface area contributed by atoms with Crippen LogP contribution in [0, 0.1) is 0 Å². The van der Waals surface area contributed by atoms with Gasteiger partial charge in [-0.3, -0.25) is 4.98 Å². The van der Waals surface area contributed by atoms with E-state index in [9.17, 15) is 4.79 Å². The number of para-hydroxylation sites is 1. The Morgan fingerprint density at radius 1 is 1.10 bits per heavy atom. The zero-order chi connectivity index (χ0) is 20.5. The molecule has 30 heavy (non-hydrogen) atoms. The number of nitrogens with zero attached hydrogens (tertiary/aromatic N) is 3. The summed E-state index contributed by atoms with van der Waals surface area (Å²) < 4.78 is 11.6. The highest BCUT2D eigenvalue weighted by atomic mass is 32.1. The average Bonchev–Trinajstić information content (AvgIpc) is 3.40. The summed E-state index contributed by atoms with van der Waals surface area (Å²) >= 11 is 1.52. The van der Waals surface area contributed by atoms with E-state index in [0.29, 0.717) is 11.5 Å². The van der Waals surface area contributed by atoms with Crippen LogP contribution in [0.4, 0.5) is 0 Å². The molecule has 0 radical (unpaired) electrons. The number of carbonyl (C=O) groups is 1. The van der Waals surface area contributed by atoms with E-state index in [1.807, 2.05) is 41.8 Å². The molecule has 0 fully saturated rings. The van der Waals surface area contributed by atoms with Gasteiger partial charge in [-0.25, -0.2) is 4.79 Å². The van der Waals surface area contributed by atoms with Crippen molar-refractivity contribution < 1.29 is 13.9 Å². The van der Waals surface area contributed by atoms with Crippen molar-refractivity contribution in [2.24, 2.45) is 0 Å². The zero-order valence-electron chi connectivity index (χ0n) is 16.6. The second-order valence-electron chi connectivity index (χ2n) is 7.46. The summed E-state index contributed by atoms with van der Waals surface area (Å²) in [6.07, 6.45) is 4.38. The van der Waals surface area contributed by atoms with Crippen LogP contribution in [0.15, 0.2) is 46.2 Å². The van der Waals surface area contributed by atoms with Crippen molar-refractivity contribution >= 4 is 28.2 Å². The number of pyridine rings is 1. The first-order valence-corrected chi connectivity index (χ1v) is 11.1. The van der Waals surface area contributed by atoms with Gasteiger partial charge in [-0.15, -0.1) is 21.5 Å². The molecule has 6 nitrogen and oxygen atoms in total. The van der Waals surface area contributed by atoms with E-state index in [0.717, 1.165) is 59.1 Å². The molecule has 0 unspecified atom stereocenters. The molecule has 3 aromatic heterocycles. The third kappa shape index (κ3) is 3.50. The highest BCUT2D eigenvalue weighted by Crippen LogP contribution is 2.31. The van der Waals surface area contributed by atoms with Crippen LogP contribution in [0.2, 0.25) is 0 Å². The van der Waals surface area contributed by atoms with E-state index in [2.05, 4.69) is 10.2 Å². The molecule has 0 bridgehead atoms. The summed E-state index contributed by atoms with van der Waals surface area (Å²) in [5.41, 5.74) is 3.50. The van der Waals surface area contributed by atoms with Crippen molar-refractivity contribution in [1.82, 2.24) is 15.2 Å². The highest BCUT2D eigenvalue weighted by molar-refractivity contribution is 7.13.